The molecule has 0 bridgehead atoms. The monoisotopic (exact) mass is 375 g/mol. The van der Waals surface area contributed by atoms with Crippen LogP contribution >= 0.6 is 0 Å². The van der Waals surface area contributed by atoms with E-state index in [-0.39, 0.29) is 35.1 Å². The zero-order valence-corrected chi connectivity index (χ0v) is 16.2. The van der Waals surface area contributed by atoms with Gasteiger partial charge in [-0.05, 0) is 29.2 Å². The maximum Gasteiger partial charge on any atom is 0.257 e. The molecule has 140 valence electrons. The number of benzene rings is 2. The van der Waals surface area contributed by atoms with E-state index in [9.17, 15) is 13.2 Å². The molecule has 2 aromatic rings. The number of carbonyl (C=O) groups is 1. The molecule has 1 amide bonds. The molecule has 6 heteroatoms. The average molecular weight is 375 g/mol. The van der Waals surface area contributed by atoms with Gasteiger partial charge in [-0.15, -0.1) is 0 Å². The number of carbonyl (C=O) groups excluding carboxylic acids is 1. The molecule has 2 rings (SSSR count). The van der Waals surface area contributed by atoms with Crippen molar-refractivity contribution in [1.82, 2.24) is 5.32 Å². The minimum absolute atomic E-state index is 0.0420. The van der Waals surface area contributed by atoms with Crippen LogP contribution in [0.1, 0.15) is 26.3 Å². The van der Waals surface area contributed by atoms with Gasteiger partial charge in [-0.25, -0.2) is 8.42 Å². The van der Waals surface area contributed by atoms with Crippen molar-refractivity contribution in [3.8, 4) is 5.75 Å². The van der Waals surface area contributed by atoms with Crippen molar-refractivity contribution < 1.29 is 17.9 Å². The molecule has 0 aliphatic heterocycles. The lowest BCUT2D eigenvalue weighted by Gasteiger charge is -2.22. The Hall–Kier alpha value is -2.34. The highest BCUT2D eigenvalue weighted by molar-refractivity contribution is 7.91. The van der Waals surface area contributed by atoms with E-state index in [4.69, 9.17) is 4.74 Å². The van der Waals surface area contributed by atoms with E-state index in [0.717, 1.165) is 5.56 Å². The largest absolute Gasteiger partial charge is 0.483 e. The van der Waals surface area contributed by atoms with Crippen LogP contribution in [0, 0.1) is 0 Å². The number of amides is 1. The first kappa shape index (κ1) is 20.0. The Kier molecular flexibility index (Phi) is 6.42. The molecule has 0 unspecified atom stereocenters. The predicted octanol–water partition coefficient (Wildman–Crippen LogP) is 2.95. The van der Waals surface area contributed by atoms with Gasteiger partial charge >= 0.3 is 0 Å². The lowest BCUT2D eigenvalue weighted by molar-refractivity contribution is -0.122. The van der Waals surface area contributed by atoms with Crippen molar-refractivity contribution in [2.75, 3.05) is 18.9 Å². The van der Waals surface area contributed by atoms with Crippen molar-refractivity contribution in [3.05, 3.63) is 60.2 Å². The van der Waals surface area contributed by atoms with E-state index in [2.05, 4.69) is 26.1 Å². The van der Waals surface area contributed by atoms with Gasteiger partial charge in [-0.1, -0.05) is 57.2 Å². The summed E-state index contributed by atoms with van der Waals surface area (Å²) < 4.78 is 30.0. The fourth-order valence-electron chi connectivity index (χ4n) is 2.48. The third-order valence-electron chi connectivity index (χ3n) is 3.85. The Morgan fingerprint density at radius 1 is 1.00 bits per heavy atom. The quantitative estimate of drug-likeness (QED) is 0.808. The molecule has 1 N–H and O–H groups in total. The first-order chi connectivity index (χ1) is 12.2. The van der Waals surface area contributed by atoms with Gasteiger partial charge in [0, 0.05) is 6.54 Å². The molecule has 0 aliphatic carbocycles. The first-order valence-corrected chi connectivity index (χ1v) is 10.1. The SMILES string of the molecule is CC(C)(C)c1ccccc1OCC(=O)NCCS(=O)(=O)c1ccccc1. The minimum Gasteiger partial charge on any atom is -0.483 e. The van der Waals surface area contributed by atoms with Crippen LogP contribution in [0.4, 0.5) is 0 Å². The van der Waals surface area contributed by atoms with Crippen LogP contribution in [-0.4, -0.2) is 33.2 Å². The number of sulfone groups is 1. The number of nitrogens with one attached hydrogen (secondary N) is 1. The summed E-state index contributed by atoms with van der Waals surface area (Å²) in [5.74, 6) is 0.158. The Morgan fingerprint density at radius 2 is 1.62 bits per heavy atom. The molecule has 26 heavy (non-hydrogen) atoms. The fourth-order valence-corrected chi connectivity index (χ4v) is 3.66. The summed E-state index contributed by atoms with van der Waals surface area (Å²) in [6.07, 6.45) is 0. The summed E-state index contributed by atoms with van der Waals surface area (Å²) in [6.45, 7) is 6.11. The Labute approximate surface area is 155 Å². The summed E-state index contributed by atoms with van der Waals surface area (Å²) >= 11 is 0. The Balaban J connectivity index is 1.85. The van der Waals surface area contributed by atoms with E-state index in [1.807, 2.05) is 24.3 Å². The lowest BCUT2D eigenvalue weighted by Crippen LogP contribution is -2.33. The van der Waals surface area contributed by atoms with E-state index in [0.29, 0.717) is 5.75 Å². The molecule has 5 nitrogen and oxygen atoms in total. The molecule has 0 radical (unpaired) electrons. The molecule has 0 saturated heterocycles. The van der Waals surface area contributed by atoms with Gasteiger partial charge < -0.3 is 10.1 Å². The second kappa shape index (κ2) is 8.36. The fraction of sp³-hybridized carbons (Fsp3) is 0.350. The molecular formula is C20H25NO4S. The highest BCUT2D eigenvalue weighted by Gasteiger charge is 2.19. The van der Waals surface area contributed by atoms with Crippen molar-refractivity contribution in [2.24, 2.45) is 0 Å². The van der Waals surface area contributed by atoms with E-state index >= 15 is 0 Å². The predicted molar refractivity (Wildman–Crippen MR) is 102 cm³/mol. The normalized spacial score (nSPS) is 11.8. The molecule has 0 aromatic heterocycles. The number of hydrogen-bond donors (Lipinski definition) is 1. The van der Waals surface area contributed by atoms with Gasteiger partial charge in [-0.2, -0.15) is 0 Å². The van der Waals surface area contributed by atoms with Crippen LogP contribution in [0.5, 0.6) is 5.75 Å². The van der Waals surface area contributed by atoms with Gasteiger partial charge in [0.05, 0.1) is 10.6 Å². The molecular weight excluding hydrogens is 350 g/mol. The van der Waals surface area contributed by atoms with Crippen molar-refractivity contribution in [1.29, 1.82) is 0 Å². The van der Waals surface area contributed by atoms with Crippen molar-refractivity contribution in [2.45, 2.75) is 31.1 Å². The van der Waals surface area contributed by atoms with Crippen LogP contribution in [0.25, 0.3) is 0 Å². The van der Waals surface area contributed by atoms with Crippen LogP contribution in [0.3, 0.4) is 0 Å². The zero-order chi connectivity index (χ0) is 19.2. The number of ether oxygens (including phenoxy) is 1. The summed E-state index contributed by atoms with van der Waals surface area (Å²) in [4.78, 5) is 12.2. The highest BCUT2D eigenvalue weighted by atomic mass is 32.2. The maximum absolute atomic E-state index is 12.2. The number of hydrogen-bond acceptors (Lipinski definition) is 4. The average Bonchev–Trinajstić information content (AvgIpc) is 2.60. The number of rotatable bonds is 7. The number of para-hydroxylation sites is 1. The summed E-state index contributed by atoms with van der Waals surface area (Å²) in [6, 6.07) is 15.8. The third-order valence-corrected chi connectivity index (χ3v) is 5.58. The van der Waals surface area contributed by atoms with Gasteiger partial charge in [0.2, 0.25) is 0 Å². The summed E-state index contributed by atoms with van der Waals surface area (Å²) in [5, 5.41) is 2.59. The molecule has 2 aromatic carbocycles. The van der Waals surface area contributed by atoms with Crippen molar-refractivity contribution in [3.63, 3.8) is 0 Å². The van der Waals surface area contributed by atoms with Gasteiger partial charge in [-0.3, -0.25) is 4.79 Å². The standard InChI is InChI=1S/C20H25NO4S/c1-20(2,3)17-11-7-8-12-18(17)25-15-19(22)21-13-14-26(23,24)16-9-5-4-6-10-16/h4-12H,13-15H2,1-3H3,(H,21,22). The third kappa shape index (κ3) is 5.59. The van der Waals surface area contributed by atoms with Crippen LogP contribution in [0.15, 0.2) is 59.5 Å². The molecule has 0 saturated carbocycles. The molecule has 0 spiro atoms. The molecule has 0 heterocycles. The van der Waals surface area contributed by atoms with Gasteiger partial charge in [0.25, 0.3) is 5.91 Å². The molecule has 0 atom stereocenters. The van der Waals surface area contributed by atoms with Crippen molar-refractivity contribution >= 4 is 15.7 Å². The molecule has 0 aliphatic rings. The minimum atomic E-state index is -3.40. The van der Waals surface area contributed by atoms with Gasteiger partial charge in [0.1, 0.15) is 5.75 Å². The second-order valence-electron chi connectivity index (χ2n) is 7.02. The second-order valence-corrected chi connectivity index (χ2v) is 9.13. The first-order valence-electron chi connectivity index (χ1n) is 8.47. The highest BCUT2D eigenvalue weighted by Crippen LogP contribution is 2.30. The Bertz CT molecular complexity index is 840. The van der Waals surface area contributed by atoms with Crippen LogP contribution < -0.4 is 10.1 Å². The maximum atomic E-state index is 12.2. The van der Waals surface area contributed by atoms with E-state index < -0.39 is 9.84 Å². The molecule has 0 fully saturated rings. The Morgan fingerprint density at radius 3 is 2.27 bits per heavy atom. The topological polar surface area (TPSA) is 72.5 Å². The lowest BCUT2D eigenvalue weighted by atomic mass is 9.86. The van der Waals surface area contributed by atoms with Crippen LogP contribution in [-0.2, 0) is 20.0 Å². The van der Waals surface area contributed by atoms with E-state index in [1.165, 1.54) is 0 Å². The van der Waals surface area contributed by atoms with Gasteiger partial charge in [0.15, 0.2) is 16.4 Å². The summed E-state index contributed by atoms with van der Waals surface area (Å²) in [7, 11) is -3.40. The van der Waals surface area contributed by atoms with E-state index in [1.54, 1.807) is 30.3 Å². The summed E-state index contributed by atoms with van der Waals surface area (Å²) in [5.41, 5.74) is 0.913. The zero-order valence-electron chi connectivity index (χ0n) is 15.4. The smallest absolute Gasteiger partial charge is 0.257 e. The van der Waals surface area contributed by atoms with Crippen LogP contribution in [0.2, 0.25) is 0 Å².